The Kier molecular flexibility index (Phi) is 6.83. The van der Waals surface area contributed by atoms with Crippen LogP contribution in [0, 0.1) is 11.8 Å². The molecule has 21 heavy (non-hydrogen) atoms. The van der Waals surface area contributed by atoms with Gasteiger partial charge in [0.15, 0.2) is 0 Å². The average Bonchev–Trinajstić information content (AvgIpc) is 2.44. The van der Waals surface area contributed by atoms with Crippen LogP contribution >= 0.6 is 0 Å². The van der Waals surface area contributed by atoms with Gasteiger partial charge in [0.25, 0.3) is 0 Å². The molecule has 0 aromatic heterocycles. The highest BCUT2D eigenvalue weighted by Crippen LogP contribution is 2.15. The standard InChI is InChI=1S/C19H30N2/c1-13(2)12-21-16(6)18-9-7-17(8-10-18)11-19(20)15(5)14(3)4/h7-10,13-14,19H,5,11-12,20H2,1-4,6H3. The van der Waals surface area contributed by atoms with Crippen molar-refractivity contribution in [2.24, 2.45) is 22.6 Å². The smallest absolute Gasteiger partial charge is 0.0415 e. The Morgan fingerprint density at radius 1 is 1.14 bits per heavy atom. The van der Waals surface area contributed by atoms with Crippen LogP contribution in [-0.2, 0) is 6.42 Å². The van der Waals surface area contributed by atoms with Crippen molar-refractivity contribution in [3.05, 3.63) is 47.5 Å². The van der Waals surface area contributed by atoms with E-state index in [1.807, 2.05) is 0 Å². The van der Waals surface area contributed by atoms with E-state index in [1.165, 1.54) is 11.1 Å². The van der Waals surface area contributed by atoms with Gasteiger partial charge in [0.1, 0.15) is 0 Å². The van der Waals surface area contributed by atoms with Crippen LogP contribution in [0.1, 0.15) is 45.7 Å². The van der Waals surface area contributed by atoms with Crippen molar-refractivity contribution < 1.29 is 0 Å². The summed E-state index contributed by atoms with van der Waals surface area (Å²) in [5, 5.41) is 0. The van der Waals surface area contributed by atoms with E-state index in [-0.39, 0.29) is 6.04 Å². The summed E-state index contributed by atoms with van der Waals surface area (Å²) in [4.78, 5) is 4.61. The predicted molar refractivity (Wildman–Crippen MR) is 94.0 cm³/mol. The number of nitrogens with two attached hydrogens (primary N) is 1. The van der Waals surface area contributed by atoms with E-state index in [2.05, 4.69) is 70.5 Å². The third kappa shape index (κ3) is 5.84. The second-order valence-corrected chi connectivity index (χ2v) is 6.56. The van der Waals surface area contributed by atoms with Crippen molar-refractivity contribution >= 4 is 5.71 Å². The first kappa shape index (κ1) is 17.6. The van der Waals surface area contributed by atoms with E-state index in [0.717, 1.165) is 24.3 Å². The van der Waals surface area contributed by atoms with Gasteiger partial charge in [0, 0.05) is 18.3 Å². The van der Waals surface area contributed by atoms with Crippen molar-refractivity contribution in [1.82, 2.24) is 0 Å². The van der Waals surface area contributed by atoms with E-state index in [1.54, 1.807) is 0 Å². The zero-order valence-corrected chi connectivity index (χ0v) is 14.2. The van der Waals surface area contributed by atoms with E-state index in [9.17, 15) is 0 Å². The number of hydrogen-bond acceptors (Lipinski definition) is 2. The summed E-state index contributed by atoms with van der Waals surface area (Å²) in [5.74, 6) is 1.03. The van der Waals surface area contributed by atoms with Gasteiger partial charge >= 0.3 is 0 Å². The molecule has 2 nitrogen and oxygen atoms in total. The second-order valence-electron chi connectivity index (χ2n) is 6.56. The van der Waals surface area contributed by atoms with Crippen LogP contribution in [0.2, 0.25) is 0 Å². The maximum Gasteiger partial charge on any atom is 0.0415 e. The number of rotatable bonds is 7. The number of hydrogen-bond donors (Lipinski definition) is 1. The first-order chi connectivity index (χ1) is 9.81. The molecule has 2 N–H and O–H groups in total. The minimum atomic E-state index is 0.0338. The number of nitrogens with zero attached hydrogens (tertiary/aromatic N) is 1. The van der Waals surface area contributed by atoms with E-state index in [4.69, 9.17) is 5.73 Å². The third-order valence-electron chi connectivity index (χ3n) is 3.74. The average molecular weight is 286 g/mol. The molecule has 0 amide bonds. The summed E-state index contributed by atoms with van der Waals surface area (Å²) in [5.41, 5.74) is 10.9. The molecule has 116 valence electrons. The molecule has 0 aliphatic heterocycles. The van der Waals surface area contributed by atoms with Gasteiger partial charge in [-0.25, -0.2) is 0 Å². The van der Waals surface area contributed by atoms with Gasteiger partial charge in [0.05, 0.1) is 0 Å². The van der Waals surface area contributed by atoms with E-state index in [0.29, 0.717) is 11.8 Å². The minimum Gasteiger partial charge on any atom is -0.324 e. The van der Waals surface area contributed by atoms with Gasteiger partial charge in [-0.15, -0.1) is 0 Å². The topological polar surface area (TPSA) is 38.4 Å². The highest BCUT2D eigenvalue weighted by molar-refractivity contribution is 5.98. The summed E-state index contributed by atoms with van der Waals surface area (Å²) in [7, 11) is 0. The molecule has 0 spiro atoms. The number of aliphatic imine (C=N–C) groups is 1. The minimum absolute atomic E-state index is 0.0338. The van der Waals surface area contributed by atoms with Gasteiger partial charge < -0.3 is 5.73 Å². The summed E-state index contributed by atoms with van der Waals surface area (Å²) in [6.07, 6.45) is 0.847. The highest BCUT2D eigenvalue weighted by atomic mass is 14.7. The lowest BCUT2D eigenvalue weighted by Crippen LogP contribution is -2.27. The van der Waals surface area contributed by atoms with Crippen LogP contribution in [0.15, 0.2) is 41.4 Å². The van der Waals surface area contributed by atoms with Crippen LogP contribution in [0.25, 0.3) is 0 Å². The molecule has 1 rings (SSSR count). The molecule has 0 saturated carbocycles. The lowest BCUT2D eigenvalue weighted by atomic mass is 9.93. The highest BCUT2D eigenvalue weighted by Gasteiger charge is 2.11. The molecule has 1 unspecified atom stereocenters. The van der Waals surface area contributed by atoms with Crippen LogP contribution in [0.3, 0.4) is 0 Å². The normalized spacial score (nSPS) is 13.8. The Morgan fingerprint density at radius 3 is 2.19 bits per heavy atom. The summed E-state index contributed by atoms with van der Waals surface area (Å²) < 4.78 is 0. The molecule has 0 aliphatic carbocycles. The van der Waals surface area contributed by atoms with Crippen molar-refractivity contribution in [2.75, 3.05) is 6.54 Å². The van der Waals surface area contributed by atoms with Crippen molar-refractivity contribution in [1.29, 1.82) is 0 Å². The molecule has 0 aliphatic rings. The van der Waals surface area contributed by atoms with Crippen LogP contribution in [0.5, 0.6) is 0 Å². The first-order valence-corrected chi connectivity index (χ1v) is 7.85. The zero-order chi connectivity index (χ0) is 16.0. The first-order valence-electron chi connectivity index (χ1n) is 7.85. The molecule has 2 heteroatoms. The predicted octanol–water partition coefficient (Wildman–Crippen LogP) is 4.23. The Labute approximate surface area is 130 Å². The fourth-order valence-corrected chi connectivity index (χ4v) is 2.11. The Morgan fingerprint density at radius 2 is 1.71 bits per heavy atom. The maximum absolute atomic E-state index is 6.21. The zero-order valence-electron chi connectivity index (χ0n) is 14.2. The van der Waals surface area contributed by atoms with Gasteiger partial charge in [-0.3, -0.25) is 4.99 Å². The molecule has 0 bridgehead atoms. The Balaban J connectivity index is 2.70. The van der Waals surface area contributed by atoms with Crippen LogP contribution in [-0.4, -0.2) is 18.3 Å². The molecule has 0 saturated heterocycles. The van der Waals surface area contributed by atoms with Gasteiger partial charge in [-0.05, 0) is 36.3 Å². The molecule has 0 heterocycles. The molecular formula is C19H30N2. The molecule has 0 radical (unpaired) electrons. The van der Waals surface area contributed by atoms with E-state index < -0.39 is 0 Å². The van der Waals surface area contributed by atoms with Crippen LogP contribution in [0.4, 0.5) is 0 Å². The van der Waals surface area contributed by atoms with Crippen LogP contribution < -0.4 is 5.73 Å². The third-order valence-corrected chi connectivity index (χ3v) is 3.74. The SMILES string of the molecule is C=C(C(C)C)C(N)Cc1ccc(C(C)=NCC(C)C)cc1. The quantitative estimate of drug-likeness (QED) is 0.591. The molecule has 1 atom stereocenters. The van der Waals surface area contributed by atoms with E-state index >= 15 is 0 Å². The van der Waals surface area contributed by atoms with Crippen molar-refractivity contribution in [3.8, 4) is 0 Å². The summed E-state index contributed by atoms with van der Waals surface area (Å²) in [6.45, 7) is 15.7. The monoisotopic (exact) mass is 286 g/mol. The second kappa shape index (κ2) is 8.14. The molecule has 1 aromatic carbocycles. The van der Waals surface area contributed by atoms with Gasteiger partial charge in [-0.1, -0.05) is 64.1 Å². The fraction of sp³-hybridized carbons (Fsp3) is 0.526. The Bertz CT molecular complexity index is 481. The fourth-order valence-electron chi connectivity index (χ4n) is 2.11. The van der Waals surface area contributed by atoms with Gasteiger partial charge in [-0.2, -0.15) is 0 Å². The largest absolute Gasteiger partial charge is 0.324 e. The molecule has 1 aromatic rings. The lowest BCUT2D eigenvalue weighted by molar-refractivity contribution is 0.642. The lowest BCUT2D eigenvalue weighted by Gasteiger charge is -2.18. The number of benzene rings is 1. The molecule has 0 fully saturated rings. The Hall–Kier alpha value is -1.41. The van der Waals surface area contributed by atoms with Crippen molar-refractivity contribution in [2.45, 2.75) is 47.1 Å². The van der Waals surface area contributed by atoms with Gasteiger partial charge in [0.2, 0.25) is 0 Å². The van der Waals surface area contributed by atoms with Crippen molar-refractivity contribution in [3.63, 3.8) is 0 Å². The molecular weight excluding hydrogens is 256 g/mol. The summed E-state index contributed by atoms with van der Waals surface area (Å²) in [6, 6.07) is 8.61. The summed E-state index contributed by atoms with van der Waals surface area (Å²) >= 11 is 0. The maximum atomic E-state index is 6.21.